The number of fused-ring (bicyclic) bond motifs is 1. The Hall–Kier alpha value is -3.10. The molecule has 2 heterocycles. The largest absolute Gasteiger partial charge is 0.365 e. The molecule has 158 valence electrons. The number of aryl methyl sites for hydroxylation is 2. The summed E-state index contributed by atoms with van der Waals surface area (Å²) in [5.74, 6) is 0.567. The third kappa shape index (κ3) is 4.98. The summed E-state index contributed by atoms with van der Waals surface area (Å²) in [6.07, 6.45) is 0. The second-order valence-corrected chi connectivity index (χ2v) is 8.60. The molecule has 0 aliphatic carbocycles. The minimum Gasteiger partial charge on any atom is -0.365 e. The molecule has 0 atom stereocenters. The summed E-state index contributed by atoms with van der Waals surface area (Å²) in [5, 5.41) is 8.34. The van der Waals surface area contributed by atoms with Crippen molar-refractivity contribution in [3.63, 3.8) is 0 Å². The van der Waals surface area contributed by atoms with Crippen molar-refractivity contribution in [1.82, 2.24) is 20.3 Å². The van der Waals surface area contributed by atoms with Gasteiger partial charge in [-0.3, -0.25) is 4.79 Å². The van der Waals surface area contributed by atoms with Gasteiger partial charge >= 0.3 is 0 Å². The number of hydrogen-bond donors (Lipinski definition) is 2. The lowest BCUT2D eigenvalue weighted by atomic mass is 10.2. The van der Waals surface area contributed by atoms with Crippen LogP contribution >= 0.6 is 22.9 Å². The van der Waals surface area contributed by atoms with Crippen molar-refractivity contribution in [2.24, 2.45) is 0 Å². The van der Waals surface area contributed by atoms with Crippen LogP contribution in [-0.4, -0.2) is 20.9 Å². The summed E-state index contributed by atoms with van der Waals surface area (Å²) in [4.78, 5) is 26.5. The maximum Gasteiger partial charge on any atom is 0.263 e. The summed E-state index contributed by atoms with van der Waals surface area (Å²) in [6, 6.07) is 11.6. The molecular formula is C22H19ClFN5OS. The second-order valence-electron chi connectivity index (χ2n) is 6.96. The fraction of sp³-hybridized carbons (Fsp3) is 0.182. The highest BCUT2D eigenvalue weighted by molar-refractivity contribution is 7.13. The van der Waals surface area contributed by atoms with Gasteiger partial charge in [-0.1, -0.05) is 23.7 Å². The SMILES string of the molecule is Cc1nc(C)c(C(=O)NCc2nc(NCc3ccc(F)cc3)c3ccc(Cl)cc3n2)s1. The predicted octanol–water partition coefficient (Wildman–Crippen LogP) is 5.04. The minimum absolute atomic E-state index is 0.156. The average Bonchev–Trinajstić information content (AvgIpc) is 3.09. The number of carbonyl (C=O) groups excluding carboxylic acids is 1. The zero-order valence-corrected chi connectivity index (χ0v) is 18.4. The van der Waals surface area contributed by atoms with Crippen molar-refractivity contribution in [2.75, 3.05) is 5.32 Å². The Kier molecular flexibility index (Phi) is 6.11. The summed E-state index contributed by atoms with van der Waals surface area (Å²) in [6.45, 7) is 4.29. The van der Waals surface area contributed by atoms with E-state index in [1.54, 1.807) is 24.3 Å². The normalized spacial score (nSPS) is 11.0. The molecule has 4 aromatic rings. The standard InChI is InChI=1S/C22H19ClFN5OS/c1-12-20(31-13(2)27-12)22(30)26-11-19-28-18-9-15(23)5-8-17(18)21(29-19)25-10-14-3-6-16(24)7-4-14/h3-9H,10-11H2,1-2H3,(H,26,30)(H,25,28,29). The highest BCUT2D eigenvalue weighted by Gasteiger charge is 2.15. The van der Waals surface area contributed by atoms with Gasteiger partial charge in [0.1, 0.15) is 16.5 Å². The van der Waals surface area contributed by atoms with Crippen molar-refractivity contribution in [3.8, 4) is 0 Å². The highest BCUT2D eigenvalue weighted by atomic mass is 35.5. The van der Waals surface area contributed by atoms with Crippen LogP contribution in [0, 0.1) is 19.7 Å². The van der Waals surface area contributed by atoms with Gasteiger partial charge in [0.15, 0.2) is 5.82 Å². The smallest absolute Gasteiger partial charge is 0.263 e. The Labute approximate surface area is 187 Å². The number of amides is 1. The zero-order chi connectivity index (χ0) is 22.0. The van der Waals surface area contributed by atoms with Crippen molar-refractivity contribution in [3.05, 3.63) is 80.3 Å². The molecule has 2 N–H and O–H groups in total. The molecule has 0 radical (unpaired) electrons. The van der Waals surface area contributed by atoms with E-state index in [2.05, 4.69) is 25.6 Å². The maximum absolute atomic E-state index is 13.2. The molecule has 0 unspecified atom stereocenters. The van der Waals surface area contributed by atoms with E-state index in [9.17, 15) is 9.18 Å². The molecule has 4 rings (SSSR count). The number of carbonyl (C=O) groups is 1. The third-order valence-corrected chi connectivity index (χ3v) is 5.90. The van der Waals surface area contributed by atoms with Gasteiger partial charge in [-0.05, 0) is 49.7 Å². The highest BCUT2D eigenvalue weighted by Crippen LogP contribution is 2.24. The molecule has 0 aliphatic heterocycles. The summed E-state index contributed by atoms with van der Waals surface area (Å²) in [5.41, 5.74) is 2.28. The quantitative estimate of drug-likeness (QED) is 0.426. The van der Waals surface area contributed by atoms with Gasteiger partial charge in [0.05, 0.1) is 22.8 Å². The number of rotatable bonds is 6. The van der Waals surface area contributed by atoms with Crippen LogP contribution in [0.1, 0.15) is 31.8 Å². The molecular weight excluding hydrogens is 437 g/mol. The van der Waals surface area contributed by atoms with Gasteiger partial charge < -0.3 is 10.6 Å². The lowest BCUT2D eigenvalue weighted by Crippen LogP contribution is -2.24. The topological polar surface area (TPSA) is 79.8 Å². The number of aromatic nitrogens is 3. The van der Waals surface area contributed by atoms with Gasteiger partial charge in [0.2, 0.25) is 0 Å². The molecule has 0 aliphatic rings. The lowest BCUT2D eigenvalue weighted by Gasteiger charge is -2.12. The molecule has 1 amide bonds. The van der Waals surface area contributed by atoms with Gasteiger partial charge in [0.25, 0.3) is 5.91 Å². The fourth-order valence-corrected chi connectivity index (χ4v) is 4.14. The minimum atomic E-state index is -0.282. The number of nitrogens with one attached hydrogen (secondary N) is 2. The molecule has 0 fully saturated rings. The molecule has 0 saturated heterocycles. The van der Waals surface area contributed by atoms with Crippen molar-refractivity contribution in [2.45, 2.75) is 26.9 Å². The number of nitrogens with zero attached hydrogens (tertiary/aromatic N) is 3. The van der Waals surface area contributed by atoms with Gasteiger partial charge in [-0.2, -0.15) is 0 Å². The molecule has 31 heavy (non-hydrogen) atoms. The molecule has 6 nitrogen and oxygen atoms in total. The zero-order valence-electron chi connectivity index (χ0n) is 16.9. The number of benzene rings is 2. The third-order valence-electron chi connectivity index (χ3n) is 4.60. The lowest BCUT2D eigenvalue weighted by molar-refractivity contribution is 0.0953. The summed E-state index contributed by atoms with van der Waals surface area (Å²) < 4.78 is 13.2. The fourth-order valence-electron chi connectivity index (χ4n) is 3.13. The number of thiazole rings is 1. The average molecular weight is 456 g/mol. The van der Waals surface area contributed by atoms with Gasteiger partial charge in [-0.25, -0.2) is 19.3 Å². The van der Waals surface area contributed by atoms with Crippen LogP contribution in [0.3, 0.4) is 0 Å². The van der Waals surface area contributed by atoms with Crippen LogP contribution in [0.2, 0.25) is 5.02 Å². The van der Waals surface area contributed by atoms with Gasteiger partial charge in [0, 0.05) is 17.0 Å². The maximum atomic E-state index is 13.2. The molecule has 2 aromatic heterocycles. The number of anilines is 1. The van der Waals surface area contributed by atoms with Crippen LogP contribution in [0.5, 0.6) is 0 Å². The number of hydrogen-bond acceptors (Lipinski definition) is 6. The van der Waals surface area contributed by atoms with E-state index < -0.39 is 0 Å². The Morgan fingerprint density at radius 3 is 2.55 bits per heavy atom. The van der Waals surface area contributed by atoms with Crippen molar-refractivity contribution < 1.29 is 9.18 Å². The van der Waals surface area contributed by atoms with Crippen LogP contribution in [0.25, 0.3) is 10.9 Å². The molecule has 0 bridgehead atoms. The van der Waals surface area contributed by atoms with E-state index >= 15 is 0 Å². The Bertz CT molecular complexity index is 1260. The van der Waals surface area contributed by atoms with Crippen molar-refractivity contribution in [1.29, 1.82) is 0 Å². The molecule has 0 spiro atoms. The summed E-state index contributed by atoms with van der Waals surface area (Å²) >= 11 is 7.50. The predicted molar refractivity (Wildman–Crippen MR) is 121 cm³/mol. The first-order chi connectivity index (χ1) is 14.9. The first-order valence-electron chi connectivity index (χ1n) is 9.56. The Balaban J connectivity index is 1.57. The van der Waals surface area contributed by atoms with Crippen LogP contribution in [0.4, 0.5) is 10.2 Å². The molecule has 2 aromatic carbocycles. The monoisotopic (exact) mass is 455 g/mol. The van der Waals surface area contributed by atoms with Crippen LogP contribution in [0.15, 0.2) is 42.5 Å². The van der Waals surface area contributed by atoms with E-state index in [0.717, 1.165) is 16.0 Å². The summed E-state index contributed by atoms with van der Waals surface area (Å²) in [7, 11) is 0. The van der Waals surface area contributed by atoms with E-state index in [1.165, 1.54) is 23.5 Å². The first-order valence-corrected chi connectivity index (χ1v) is 10.8. The second kappa shape index (κ2) is 8.95. The van der Waals surface area contributed by atoms with E-state index in [4.69, 9.17) is 11.6 Å². The Morgan fingerprint density at radius 2 is 1.84 bits per heavy atom. The van der Waals surface area contributed by atoms with Crippen molar-refractivity contribution >= 4 is 45.6 Å². The molecule has 0 saturated carbocycles. The van der Waals surface area contributed by atoms with Gasteiger partial charge in [-0.15, -0.1) is 11.3 Å². The first kappa shape index (κ1) is 21.1. The molecule has 9 heteroatoms. The van der Waals surface area contributed by atoms with E-state index in [1.807, 2.05) is 19.9 Å². The van der Waals surface area contributed by atoms with Crippen LogP contribution in [-0.2, 0) is 13.1 Å². The van der Waals surface area contributed by atoms with Crippen LogP contribution < -0.4 is 10.6 Å². The number of halogens is 2. The Morgan fingerprint density at radius 1 is 1.06 bits per heavy atom. The van der Waals surface area contributed by atoms with E-state index in [-0.39, 0.29) is 18.3 Å². The van der Waals surface area contributed by atoms with E-state index in [0.29, 0.717) is 39.3 Å².